The van der Waals surface area contributed by atoms with Gasteiger partial charge in [0.2, 0.25) is 5.91 Å². The lowest BCUT2D eigenvalue weighted by atomic mass is 9.92. The van der Waals surface area contributed by atoms with Crippen molar-refractivity contribution in [1.82, 2.24) is 9.78 Å². The van der Waals surface area contributed by atoms with Crippen LogP contribution in [-0.4, -0.2) is 28.9 Å². The van der Waals surface area contributed by atoms with Gasteiger partial charge in [-0.15, -0.1) is 0 Å². The van der Waals surface area contributed by atoms with Crippen LogP contribution in [0, 0.1) is 17.2 Å². The van der Waals surface area contributed by atoms with Gasteiger partial charge in [0.05, 0.1) is 35.5 Å². The summed E-state index contributed by atoms with van der Waals surface area (Å²) in [5.74, 6) is 0.460. The number of amides is 1. The summed E-state index contributed by atoms with van der Waals surface area (Å²) in [6.45, 7) is 7.32. The van der Waals surface area contributed by atoms with E-state index in [0.29, 0.717) is 24.6 Å². The van der Waals surface area contributed by atoms with E-state index in [0.717, 1.165) is 17.8 Å². The minimum absolute atomic E-state index is 0.0484. The summed E-state index contributed by atoms with van der Waals surface area (Å²) in [5, 5.41) is 16.6. The van der Waals surface area contributed by atoms with E-state index in [4.69, 9.17) is 10.00 Å². The van der Waals surface area contributed by atoms with Crippen molar-refractivity contribution >= 4 is 11.7 Å². The first kappa shape index (κ1) is 17.2. The van der Waals surface area contributed by atoms with Gasteiger partial charge in [-0.3, -0.25) is 4.79 Å². The second kappa shape index (κ2) is 6.69. The average Bonchev–Trinajstić information content (AvgIpc) is 3.24. The van der Waals surface area contributed by atoms with E-state index >= 15 is 0 Å². The second-order valence-corrected chi connectivity index (χ2v) is 7.29. The summed E-state index contributed by atoms with van der Waals surface area (Å²) >= 11 is 0. The Morgan fingerprint density at radius 3 is 2.64 bits per heavy atom. The van der Waals surface area contributed by atoms with E-state index in [1.165, 1.54) is 0 Å². The molecule has 1 aromatic heterocycles. The van der Waals surface area contributed by atoms with Crippen molar-refractivity contribution in [3.8, 4) is 11.8 Å². The number of hydrogen-bond donors (Lipinski definition) is 1. The second-order valence-electron chi connectivity index (χ2n) is 7.29. The quantitative estimate of drug-likeness (QED) is 0.933. The Kier molecular flexibility index (Phi) is 4.60. The molecule has 0 bridgehead atoms. The number of hydrogen-bond acceptors (Lipinski definition) is 4. The highest BCUT2D eigenvalue weighted by atomic mass is 16.5. The molecule has 6 nitrogen and oxygen atoms in total. The van der Waals surface area contributed by atoms with Gasteiger partial charge in [-0.1, -0.05) is 20.8 Å². The highest BCUT2D eigenvalue weighted by Gasteiger charge is 2.26. The molecule has 1 amide bonds. The number of anilines is 1. The lowest BCUT2D eigenvalue weighted by Crippen LogP contribution is -2.24. The summed E-state index contributed by atoms with van der Waals surface area (Å²) < 4.78 is 7.02. The van der Waals surface area contributed by atoms with E-state index in [9.17, 15) is 4.79 Å². The number of carbonyl (C=O) groups is 1. The molecule has 1 aromatic carbocycles. The lowest BCUT2D eigenvalue weighted by molar-refractivity contribution is -0.119. The van der Waals surface area contributed by atoms with Crippen LogP contribution >= 0.6 is 0 Å². The molecule has 0 spiro atoms. The number of nitrogens with one attached hydrogen (secondary N) is 1. The van der Waals surface area contributed by atoms with Gasteiger partial charge in [0.15, 0.2) is 0 Å². The Hall–Kier alpha value is -2.65. The molecule has 1 N–H and O–H groups in total. The maximum atomic E-state index is 12.5. The van der Waals surface area contributed by atoms with E-state index < -0.39 is 0 Å². The molecule has 1 atom stereocenters. The molecule has 2 aromatic rings. The summed E-state index contributed by atoms with van der Waals surface area (Å²) in [6, 6.07) is 11.1. The Bertz CT molecular complexity index is 803. The van der Waals surface area contributed by atoms with Crippen LogP contribution in [0.5, 0.6) is 0 Å². The van der Waals surface area contributed by atoms with Gasteiger partial charge in [0.1, 0.15) is 5.82 Å². The monoisotopic (exact) mass is 338 g/mol. The third-order valence-corrected chi connectivity index (χ3v) is 4.27. The molecule has 0 radical (unpaired) electrons. The molecule has 130 valence electrons. The van der Waals surface area contributed by atoms with Crippen molar-refractivity contribution in [2.45, 2.75) is 32.6 Å². The van der Waals surface area contributed by atoms with Crippen LogP contribution in [0.4, 0.5) is 5.82 Å². The molecule has 1 aliphatic rings. The Balaban J connectivity index is 1.95. The van der Waals surface area contributed by atoms with Crippen molar-refractivity contribution in [3.63, 3.8) is 0 Å². The van der Waals surface area contributed by atoms with Crippen molar-refractivity contribution in [3.05, 3.63) is 41.6 Å². The van der Waals surface area contributed by atoms with Gasteiger partial charge in [-0.25, -0.2) is 4.68 Å². The van der Waals surface area contributed by atoms with Crippen LogP contribution in [0.25, 0.3) is 5.69 Å². The van der Waals surface area contributed by atoms with E-state index in [1.807, 2.05) is 18.2 Å². The maximum absolute atomic E-state index is 12.5. The van der Waals surface area contributed by atoms with Crippen LogP contribution in [0.1, 0.15) is 38.4 Å². The minimum Gasteiger partial charge on any atom is -0.381 e. The fourth-order valence-corrected chi connectivity index (χ4v) is 2.68. The fourth-order valence-electron chi connectivity index (χ4n) is 2.68. The molecular formula is C19H22N4O2. The maximum Gasteiger partial charge on any atom is 0.231 e. The molecule has 1 aliphatic heterocycles. The van der Waals surface area contributed by atoms with Gasteiger partial charge in [-0.2, -0.15) is 10.4 Å². The highest BCUT2D eigenvalue weighted by Crippen LogP contribution is 2.27. The summed E-state index contributed by atoms with van der Waals surface area (Å²) in [7, 11) is 0. The molecule has 2 heterocycles. The molecule has 3 rings (SSSR count). The van der Waals surface area contributed by atoms with Crippen molar-refractivity contribution in [2.75, 3.05) is 18.5 Å². The molecule has 6 heteroatoms. The standard InChI is InChI=1S/C19H22N4O2/c1-19(2,3)16-10-17(21-18(24)14-8-9-25-12-14)23(22-16)15-6-4-13(11-20)5-7-15/h4-7,10,14H,8-9,12H2,1-3H3,(H,21,24)/t14-/m1/s1. The average molecular weight is 338 g/mol. The SMILES string of the molecule is CC(C)(C)c1cc(NC(=O)[C@@H]2CCOC2)n(-c2ccc(C#N)cc2)n1. The smallest absolute Gasteiger partial charge is 0.231 e. The van der Waals surface area contributed by atoms with Crippen molar-refractivity contribution < 1.29 is 9.53 Å². The van der Waals surface area contributed by atoms with Gasteiger partial charge >= 0.3 is 0 Å². The number of aromatic nitrogens is 2. The first-order valence-electron chi connectivity index (χ1n) is 8.38. The van der Waals surface area contributed by atoms with Crippen LogP contribution in [0.3, 0.4) is 0 Å². The third-order valence-electron chi connectivity index (χ3n) is 4.27. The van der Waals surface area contributed by atoms with Crippen LogP contribution in [0.2, 0.25) is 0 Å². The summed E-state index contributed by atoms with van der Waals surface area (Å²) in [4.78, 5) is 12.5. The predicted octanol–water partition coefficient (Wildman–Crippen LogP) is 3.02. The van der Waals surface area contributed by atoms with Crippen LogP contribution < -0.4 is 5.32 Å². The molecule has 25 heavy (non-hydrogen) atoms. The van der Waals surface area contributed by atoms with Crippen LogP contribution in [-0.2, 0) is 14.9 Å². The molecule has 0 saturated carbocycles. The first-order valence-corrected chi connectivity index (χ1v) is 8.38. The normalized spacial score (nSPS) is 17.3. The van der Waals surface area contributed by atoms with Gasteiger partial charge in [0.25, 0.3) is 0 Å². The first-order chi connectivity index (χ1) is 11.9. The van der Waals surface area contributed by atoms with Crippen molar-refractivity contribution in [2.24, 2.45) is 5.92 Å². The largest absolute Gasteiger partial charge is 0.381 e. The number of ether oxygens (including phenoxy) is 1. The van der Waals surface area contributed by atoms with Crippen molar-refractivity contribution in [1.29, 1.82) is 5.26 Å². The molecule has 1 saturated heterocycles. The molecule has 0 unspecified atom stereocenters. The molecule has 1 fully saturated rings. The number of nitrogens with zero attached hydrogens (tertiary/aromatic N) is 3. The molecular weight excluding hydrogens is 316 g/mol. The van der Waals surface area contributed by atoms with Gasteiger partial charge in [-0.05, 0) is 30.7 Å². The topological polar surface area (TPSA) is 79.9 Å². The van der Waals surface area contributed by atoms with E-state index in [2.05, 4.69) is 37.3 Å². The minimum atomic E-state index is -0.145. The van der Waals surface area contributed by atoms with Crippen LogP contribution in [0.15, 0.2) is 30.3 Å². The Labute approximate surface area is 147 Å². The number of benzene rings is 1. The van der Waals surface area contributed by atoms with Gasteiger partial charge < -0.3 is 10.1 Å². The summed E-state index contributed by atoms with van der Waals surface area (Å²) in [5.41, 5.74) is 2.12. The fraction of sp³-hybridized carbons (Fsp3) is 0.421. The summed E-state index contributed by atoms with van der Waals surface area (Å²) in [6.07, 6.45) is 0.739. The number of nitriles is 1. The predicted molar refractivity (Wildman–Crippen MR) is 94.5 cm³/mol. The number of rotatable bonds is 3. The zero-order valence-corrected chi connectivity index (χ0v) is 14.7. The van der Waals surface area contributed by atoms with E-state index in [-0.39, 0.29) is 17.2 Å². The zero-order chi connectivity index (χ0) is 18.0. The Morgan fingerprint density at radius 1 is 1.36 bits per heavy atom. The van der Waals surface area contributed by atoms with Gasteiger partial charge in [0, 0.05) is 18.1 Å². The highest BCUT2D eigenvalue weighted by molar-refractivity contribution is 5.92. The zero-order valence-electron chi connectivity index (χ0n) is 14.7. The lowest BCUT2D eigenvalue weighted by Gasteiger charge is -2.14. The Morgan fingerprint density at radius 2 is 2.08 bits per heavy atom. The molecule has 0 aliphatic carbocycles. The number of carbonyl (C=O) groups excluding carboxylic acids is 1. The third kappa shape index (κ3) is 3.72. The van der Waals surface area contributed by atoms with E-state index in [1.54, 1.807) is 16.8 Å².